The van der Waals surface area contributed by atoms with Gasteiger partial charge < -0.3 is 14.7 Å². The van der Waals surface area contributed by atoms with Crippen LogP contribution in [0.15, 0.2) is 53.4 Å². The van der Waals surface area contributed by atoms with Gasteiger partial charge in [-0.2, -0.15) is 0 Å². The first kappa shape index (κ1) is 24.8. The number of carboxylic acid groups (broad SMARTS) is 1. The third-order valence-corrected chi connectivity index (χ3v) is 7.92. The van der Waals surface area contributed by atoms with Gasteiger partial charge >= 0.3 is 12.1 Å². The Bertz CT molecular complexity index is 1380. The van der Waals surface area contributed by atoms with Gasteiger partial charge in [-0.1, -0.05) is 23.8 Å². The number of benzene rings is 2. The van der Waals surface area contributed by atoms with Crippen molar-refractivity contribution >= 4 is 33.0 Å². The summed E-state index contributed by atoms with van der Waals surface area (Å²) in [5.41, 5.74) is 1.35. The zero-order chi connectivity index (χ0) is 25.5. The first-order valence-corrected chi connectivity index (χ1v) is 13.0. The number of amides is 1. The number of likely N-dealkylation sites (tertiary alicyclic amines) is 1. The van der Waals surface area contributed by atoms with Crippen LogP contribution in [0.3, 0.4) is 0 Å². The van der Waals surface area contributed by atoms with Crippen molar-refractivity contribution in [1.82, 2.24) is 8.87 Å². The molecule has 3 aromatic rings. The third-order valence-electron chi connectivity index (χ3n) is 6.18. The smallest absolute Gasteiger partial charge is 0.410 e. The molecule has 0 saturated carbocycles. The molecule has 0 bridgehead atoms. The lowest BCUT2D eigenvalue weighted by Gasteiger charge is -2.33. The molecule has 0 aliphatic carbocycles. The number of piperidine rings is 1. The number of nitrogens with zero attached hydrogens (tertiary/aromatic N) is 2. The van der Waals surface area contributed by atoms with Gasteiger partial charge in [-0.3, -0.25) is 0 Å². The molecule has 0 unspecified atom stereocenters. The first-order chi connectivity index (χ1) is 16.4. The summed E-state index contributed by atoms with van der Waals surface area (Å²) in [6, 6.07) is 13.1. The van der Waals surface area contributed by atoms with Crippen molar-refractivity contribution in [2.45, 2.75) is 57.0 Å². The summed E-state index contributed by atoms with van der Waals surface area (Å²) in [5, 5.41) is 10.3. The van der Waals surface area contributed by atoms with Crippen molar-refractivity contribution < 1.29 is 27.9 Å². The number of carboxylic acids is 1. The van der Waals surface area contributed by atoms with Gasteiger partial charge in [-0.25, -0.2) is 22.0 Å². The Morgan fingerprint density at radius 3 is 2.20 bits per heavy atom. The summed E-state index contributed by atoms with van der Waals surface area (Å²) in [6.07, 6.45) is 1.15. The predicted molar refractivity (Wildman–Crippen MR) is 132 cm³/mol. The van der Waals surface area contributed by atoms with E-state index in [-0.39, 0.29) is 22.6 Å². The molecule has 1 aromatic heterocycles. The highest BCUT2D eigenvalue weighted by atomic mass is 32.2. The van der Waals surface area contributed by atoms with E-state index in [1.165, 1.54) is 18.2 Å². The molecule has 1 fully saturated rings. The fourth-order valence-corrected chi connectivity index (χ4v) is 5.91. The minimum atomic E-state index is -4.11. The zero-order valence-corrected chi connectivity index (χ0v) is 21.1. The summed E-state index contributed by atoms with van der Waals surface area (Å²) in [4.78, 5) is 26.1. The number of aromatic nitrogens is 1. The lowest BCUT2D eigenvalue weighted by molar-refractivity contribution is 0.0204. The van der Waals surface area contributed by atoms with E-state index >= 15 is 0 Å². The van der Waals surface area contributed by atoms with Crippen LogP contribution in [0.5, 0.6) is 0 Å². The Hall–Kier alpha value is -3.33. The van der Waals surface area contributed by atoms with Crippen molar-refractivity contribution in [3.63, 3.8) is 0 Å². The van der Waals surface area contributed by atoms with Crippen LogP contribution in [0, 0.1) is 6.92 Å². The quantitative estimate of drug-likeness (QED) is 0.543. The highest BCUT2D eigenvalue weighted by molar-refractivity contribution is 7.90. The van der Waals surface area contributed by atoms with Gasteiger partial charge in [0.15, 0.2) is 0 Å². The number of ether oxygens (including phenoxy) is 1. The molecule has 1 N–H and O–H groups in total. The second-order valence-electron chi connectivity index (χ2n) is 9.98. The molecule has 1 saturated heterocycles. The second-order valence-corrected chi connectivity index (χ2v) is 11.8. The lowest BCUT2D eigenvalue weighted by Crippen LogP contribution is -2.41. The zero-order valence-electron chi connectivity index (χ0n) is 20.3. The number of aromatic carboxylic acids is 1. The number of hydrogen-bond donors (Lipinski definition) is 1. The monoisotopic (exact) mass is 498 g/mol. The molecule has 0 atom stereocenters. The maximum absolute atomic E-state index is 13.4. The molecule has 4 rings (SSSR count). The Balaban J connectivity index is 1.63. The highest BCUT2D eigenvalue weighted by Crippen LogP contribution is 2.33. The van der Waals surface area contributed by atoms with Gasteiger partial charge in [0.1, 0.15) is 11.3 Å². The molecule has 8 nitrogen and oxygen atoms in total. The Kier molecular flexibility index (Phi) is 6.40. The minimum Gasteiger partial charge on any atom is -0.477 e. The largest absolute Gasteiger partial charge is 0.477 e. The van der Waals surface area contributed by atoms with Gasteiger partial charge in [0.05, 0.1) is 10.4 Å². The van der Waals surface area contributed by atoms with Gasteiger partial charge in [-0.15, -0.1) is 0 Å². The van der Waals surface area contributed by atoms with Crippen LogP contribution in [0.4, 0.5) is 4.79 Å². The fourth-order valence-electron chi connectivity index (χ4n) is 4.41. The predicted octanol–water partition coefficient (Wildman–Crippen LogP) is 5.00. The molecule has 9 heteroatoms. The van der Waals surface area contributed by atoms with Crippen LogP contribution < -0.4 is 0 Å². The van der Waals surface area contributed by atoms with Crippen LogP contribution in [0.1, 0.15) is 61.1 Å². The molecule has 1 aliphatic heterocycles. The molecule has 186 valence electrons. The van der Waals surface area contributed by atoms with E-state index in [0.29, 0.717) is 24.0 Å². The highest BCUT2D eigenvalue weighted by Gasteiger charge is 2.29. The number of carbonyl (C=O) groups excluding carboxylic acids is 1. The first-order valence-electron chi connectivity index (χ1n) is 11.6. The van der Waals surface area contributed by atoms with E-state index in [1.807, 2.05) is 39.8 Å². The van der Waals surface area contributed by atoms with E-state index in [0.717, 1.165) is 27.9 Å². The van der Waals surface area contributed by atoms with Crippen LogP contribution in [0.25, 0.3) is 10.9 Å². The van der Waals surface area contributed by atoms with Crippen LogP contribution in [0.2, 0.25) is 0 Å². The average molecular weight is 499 g/mol. The van der Waals surface area contributed by atoms with Crippen LogP contribution in [-0.4, -0.2) is 53.1 Å². The normalized spacial score (nSPS) is 15.4. The maximum Gasteiger partial charge on any atom is 0.410 e. The second kappa shape index (κ2) is 9.03. The summed E-state index contributed by atoms with van der Waals surface area (Å²) >= 11 is 0. The lowest BCUT2D eigenvalue weighted by atomic mass is 9.89. The van der Waals surface area contributed by atoms with Crippen molar-refractivity contribution in [3.05, 3.63) is 65.4 Å². The summed E-state index contributed by atoms with van der Waals surface area (Å²) in [5.74, 6) is -1.15. The standard InChI is InChI=1S/C26H30N2O6S/c1-17-5-8-21(9-6-17)35(32,33)28-22-10-7-19(15-20(22)16-23(28)24(29)30)18-11-13-27(14-12-18)25(31)34-26(2,3)4/h5-10,15-16,18H,11-14H2,1-4H3,(H,29,30). The molecular formula is C26H30N2O6S. The van der Waals surface area contributed by atoms with Gasteiger partial charge in [0, 0.05) is 18.5 Å². The molecule has 0 radical (unpaired) electrons. The van der Waals surface area contributed by atoms with E-state index in [4.69, 9.17) is 4.74 Å². The average Bonchev–Trinajstić information content (AvgIpc) is 3.18. The Morgan fingerprint density at radius 2 is 1.63 bits per heavy atom. The fraction of sp³-hybridized carbons (Fsp3) is 0.385. The van der Waals surface area contributed by atoms with Gasteiger partial charge in [0.25, 0.3) is 10.0 Å². The van der Waals surface area contributed by atoms with Crippen molar-refractivity contribution in [1.29, 1.82) is 0 Å². The molecule has 35 heavy (non-hydrogen) atoms. The number of fused-ring (bicyclic) bond motifs is 1. The molecule has 1 aliphatic rings. The van der Waals surface area contributed by atoms with E-state index in [1.54, 1.807) is 23.1 Å². The molecule has 1 amide bonds. The summed E-state index contributed by atoms with van der Waals surface area (Å²) in [7, 11) is -4.11. The maximum atomic E-state index is 13.4. The van der Waals surface area contributed by atoms with Crippen molar-refractivity contribution in [2.24, 2.45) is 0 Å². The summed E-state index contributed by atoms with van der Waals surface area (Å²) in [6.45, 7) is 8.47. The molecule has 2 heterocycles. The number of aryl methyl sites for hydroxylation is 1. The van der Waals surface area contributed by atoms with E-state index in [9.17, 15) is 23.1 Å². The van der Waals surface area contributed by atoms with Gasteiger partial charge in [0.2, 0.25) is 0 Å². The van der Waals surface area contributed by atoms with E-state index in [2.05, 4.69) is 0 Å². The third kappa shape index (κ3) is 5.05. The van der Waals surface area contributed by atoms with E-state index < -0.39 is 21.6 Å². The minimum absolute atomic E-state index is 0.0293. The van der Waals surface area contributed by atoms with Crippen molar-refractivity contribution in [3.8, 4) is 0 Å². The van der Waals surface area contributed by atoms with Crippen LogP contribution >= 0.6 is 0 Å². The Morgan fingerprint density at radius 1 is 1.00 bits per heavy atom. The topological polar surface area (TPSA) is 106 Å². The van der Waals surface area contributed by atoms with Crippen molar-refractivity contribution in [2.75, 3.05) is 13.1 Å². The molecular weight excluding hydrogens is 468 g/mol. The number of rotatable bonds is 4. The molecule has 0 spiro atoms. The van der Waals surface area contributed by atoms with Gasteiger partial charge in [-0.05, 0) is 82.3 Å². The summed E-state index contributed by atoms with van der Waals surface area (Å²) < 4.78 is 33.1. The molecule has 2 aromatic carbocycles. The SMILES string of the molecule is Cc1ccc(S(=O)(=O)n2c(C(=O)O)cc3cc(C4CCN(C(=O)OC(C)(C)C)CC4)ccc32)cc1. The number of hydrogen-bond acceptors (Lipinski definition) is 5. The Labute approximate surface area is 205 Å². The van der Waals surface area contributed by atoms with Crippen LogP contribution in [-0.2, 0) is 14.8 Å². The number of carbonyl (C=O) groups is 2.